The summed E-state index contributed by atoms with van der Waals surface area (Å²) in [5.74, 6) is 0.532. The first-order chi connectivity index (χ1) is 6.40. The average Bonchev–Trinajstić information content (AvgIpc) is 2.71. The first-order valence-corrected chi connectivity index (χ1v) is 3.64. The van der Waals surface area contributed by atoms with Crippen molar-refractivity contribution in [2.45, 2.75) is 0 Å². The Morgan fingerprint density at radius 1 is 1.23 bits per heavy atom. The summed E-state index contributed by atoms with van der Waals surface area (Å²) >= 11 is 0. The van der Waals surface area contributed by atoms with Gasteiger partial charge in [0.2, 0.25) is 5.82 Å². The van der Waals surface area contributed by atoms with Gasteiger partial charge in [-0.3, -0.25) is 10.7 Å². The lowest BCUT2D eigenvalue weighted by Crippen LogP contribution is -1.88. The lowest BCUT2D eigenvalue weighted by atomic mass is 10.2. The fraction of sp³-hybridized carbons (Fsp3) is 0. The summed E-state index contributed by atoms with van der Waals surface area (Å²) in [6.07, 6.45) is 0. The van der Waals surface area contributed by atoms with Crippen molar-refractivity contribution in [2.24, 2.45) is 0 Å². The molecule has 0 unspecified atom stereocenters. The summed E-state index contributed by atoms with van der Waals surface area (Å²) in [7, 11) is 0. The number of tetrazole rings is 1. The van der Waals surface area contributed by atoms with Crippen LogP contribution in [0.5, 0.6) is 0 Å². The number of anilines is 1. The number of benzene rings is 1. The average molecular weight is 177 g/mol. The molecule has 0 atom stereocenters. The van der Waals surface area contributed by atoms with Gasteiger partial charge < -0.3 is 0 Å². The number of H-pyrrole nitrogens is 1. The molecule has 0 bridgehead atoms. The molecule has 0 saturated heterocycles. The number of rotatable bonds is 2. The Hall–Kier alpha value is -1.95. The van der Waals surface area contributed by atoms with Crippen molar-refractivity contribution in [3.8, 4) is 11.4 Å². The molecule has 66 valence electrons. The molecule has 0 spiro atoms. The molecule has 0 aliphatic carbocycles. The fourth-order valence-electron chi connectivity index (χ4n) is 0.978. The molecule has 3 N–H and O–H groups in total. The van der Waals surface area contributed by atoms with Gasteiger partial charge in [-0.1, -0.05) is 0 Å². The second-order valence-corrected chi connectivity index (χ2v) is 2.42. The van der Waals surface area contributed by atoms with Gasteiger partial charge in [0.25, 0.3) is 0 Å². The highest BCUT2D eigenvalue weighted by Gasteiger charge is 2.00. The van der Waals surface area contributed by atoms with Gasteiger partial charge in [0.1, 0.15) is 0 Å². The Bertz CT molecular complexity index is 368. The Morgan fingerprint density at radius 2 is 2.00 bits per heavy atom. The fourth-order valence-corrected chi connectivity index (χ4v) is 0.978. The predicted molar refractivity (Wildman–Crippen MR) is 45.0 cm³/mol. The predicted octanol–water partition coefficient (Wildman–Crippen LogP) is 0.668. The highest BCUT2D eigenvalue weighted by atomic mass is 16.5. The highest BCUT2D eigenvalue weighted by molar-refractivity contribution is 5.58. The van der Waals surface area contributed by atoms with Gasteiger partial charge in [-0.25, -0.2) is 0 Å². The monoisotopic (exact) mass is 177 g/mol. The normalized spacial score (nSPS) is 9.92. The van der Waals surface area contributed by atoms with Crippen LogP contribution in [0, 0.1) is 0 Å². The molecule has 0 aliphatic rings. The molecular formula is C7H7N5O. The summed E-state index contributed by atoms with van der Waals surface area (Å²) in [6.45, 7) is 0. The lowest BCUT2D eigenvalue weighted by Gasteiger charge is -1.97. The molecule has 0 radical (unpaired) electrons. The smallest absolute Gasteiger partial charge is 0.204 e. The van der Waals surface area contributed by atoms with Crippen LogP contribution in [-0.4, -0.2) is 25.8 Å². The second kappa shape index (κ2) is 3.20. The van der Waals surface area contributed by atoms with Crippen molar-refractivity contribution < 1.29 is 5.21 Å². The minimum Gasteiger partial charge on any atom is -0.291 e. The van der Waals surface area contributed by atoms with Crippen LogP contribution in [0.25, 0.3) is 11.4 Å². The van der Waals surface area contributed by atoms with Crippen LogP contribution < -0.4 is 5.48 Å². The third-order valence-corrected chi connectivity index (χ3v) is 1.62. The second-order valence-electron chi connectivity index (χ2n) is 2.42. The third kappa shape index (κ3) is 1.47. The van der Waals surface area contributed by atoms with E-state index in [9.17, 15) is 0 Å². The van der Waals surface area contributed by atoms with Gasteiger partial charge in [0, 0.05) is 5.56 Å². The molecule has 1 aromatic carbocycles. The number of aromatic amines is 1. The minimum absolute atomic E-state index is 0.532. The van der Waals surface area contributed by atoms with Gasteiger partial charge in [-0.15, -0.1) is 10.2 Å². The SMILES string of the molecule is ONc1ccc(-c2nn[nH]n2)cc1. The van der Waals surface area contributed by atoms with Crippen LogP contribution in [0.4, 0.5) is 5.69 Å². The summed E-state index contributed by atoms with van der Waals surface area (Å²) in [5, 5.41) is 22.0. The number of hydrogen-bond acceptors (Lipinski definition) is 5. The molecule has 13 heavy (non-hydrogen) atoms. The van der Waals surface area contributed by atoms with Gasteiger partial charge in [0.15, 0.2) is 0 Å². The summed E-state index contributed by atoms with van der Waals surface area (Å²) in [5.41, 5.74) is 3.49. The van der Waals surface area contributed by atoms with E-state index in [-0.39, 0.29) is 0 Å². The summed E-state index contributed by atoms with van der Waals surface area (Å²) < 4.78 is 0. The molecule has 0 saturated carbocycles. The zero-order chi connectivity index (χ0) is 9.10. The van der Waals surface area contributed by atoms with Crippen molar-refractivity contribution in [1.29, 1.82) is 0 Å². The van der Waals surface area contributed by atoms with Crippen molar-refractivity contribution in [1.82, 2.24) is 20.6 Å². The summed E-state index contributed by atoms with van der Waals surface area (Å²) in [4.78, 5) is 0. The molecular weight excluding hydrogens is 170 g/mol. The zero-order valence-electron chi connectivity index (χ0n) is 6.60. The van der Waals surface area contributed by atoms with Crippen LogP contribution in [0.15, 0.2) is 24.3 Å². The van der Waals surface area contributed by atoms with Crippen molar-refractivity contribution >= 4 is 5.69 Å². The molecule has 2 aromatic rings. The summed E-state index contributed by atoms with van der Waals surface area (Å²) in [6, 6.07) is 6.99. The minimum atomic E-state index is 0.532. The van der Waals surface area contributed by atoms with Gasteiger partial charge in [-0.05, 0) is 29.5 Å². The van der Waals surface area contributed by atoms with Gasteiger partial charge >= 0.3 is 0 Å². The Kier molecular flexibility index (Phi) is 1.89. The lowest BCUT2D eigenvalue weighted by molar-refractivity contribution is 0.389. The molecule has 6 nitrogen and oxygen atoms in total. The maximum Gasteiger partial charge on any atom is 0.204 e. The molecule has 0 fully saturated rings. The zero-order valence-corrected chi connectivity index (χ0v) is 6.60. The third-order valence-electron chi connectivity index (χ3n) is 1.62. The van der Waals surface area contributed by atoms with Gasteiger partial charge in [-0.2, -0.15) is 5.21 Å². The van der Waals surface area contributed by atoms with E-state index in [1.54, 1.807) is 24.3 Å². The van der Waals surface area contributed by atoms with Crippen LogP contribution >= 0.6 is 0 Å². The molecule has 0 aliphatic heterocycles. The first-order valence-electron chi connectivity index (χ1n) is 3.64. The van der Waals surface area contributed by atoms with Crippen molar-refractivity contribution in [3.05, 3.63) is 24.3 Å². The topological polar surface area (TPSA) is 86.7 Å². The molecule has 6 heteroatoms. The number of aromatic nitrogens is 4. The van der Waals surface area contributed by atoms with E-state index < -0.39 is 0 Å². The van der Waals surface area contributed by atoms with Gasteiger partial charge in [0.05, 0.1) is 5.69 Å². The quantitative estimate of drug-likeness (QED) is 0.587. The molecule has 2 rings (SSSR count). The Labute approximate surface area is 73.6 Å². The van der Waals surface area contributed by atoms with Crippen LogP contribution in [0.2, 0.25) is 0 Å². The van der Waals surface area contributed by atoms with Crippen molar-refractivity contribution in [3.63, 3.8) is 0 Å². The van der Waals surface area contributed by atoms with Crippen molar-refractivity contribution in [2.75, 3.05) is 5.48 Å². The number of hydrogen-bond donors (Lipinski definition) is 3. The first kappa shape index (κ1) is 7.69. The van der Waals surface area contributed by atoms with E-state index in [1.165, 1.54) is 0 Å². The molecule has 1 heterocycles. The van der Waals surface area contributed by atoms with Crippen LogP contribution in [0.1, 0.15) is 0 Å². The number of nitrogens with one attached hydrogen (secondary N) is 2. The maximum absolute atomic E-state index is 8.56. The molecule has 1 aromatic heterocycles. The van der Waals surface area contributed by atoms with E-state index in [4.69, 9.17) is 5.21 Å². The Balaban J connectivity index is 2.33. The Morgan fingerprint density at radius 3 is 2.54 bits per heavy atom. The van der Waals surface area contributed by atoms with E-state index in [0.29, 0.717) is 11.5 Å². The van der Waals surface area contributed by atoms with E-state index in [1.807, 2.05) is 5.48 Å². The van der Waals surface area contributed by atoms with E-state index in [0.717, 1.165) is 5.56 Å². The van der Waals surface area contributed by atoms with E-state index >= 15 is 0 Å². The molecule has 0 amide bonds. The standard InChI is InChI=1S/C7H7N5O/c13-10-6-3-1-5(2-4-6)7-8-11-12-9-7/h1-4,10,13H,(H,8,9,11,12). The highest BCUT2D eigenvalue weighted by Crippen LogP contribution is 2.15. The van der Waals surface area contributed by atoms with Crippen LogP contribution in [-0.2, 0) is 0 Å². The largest absolute Gasteiger partial charge is 0.291 e. The number of nitrogens with zero attached hydrogens (tertiary/aromatic N) is 3. The van der Waals surface area contributed by atoms with Crippen LogP contribution in [0.3, 0.4) is 0 Å². The maximum atomic E-state index is 8.56. The van der Waals surface area contributed by atoms with E-state index in [2.05, 4.69) is 20.6 Å².